The van der Waals surface area contributed by atoms with Gasteiger partial charge in [-0.25, -0.2) is 0 Å². The van der Waals surface area contributed by atoms with Crippen molar-refractivity contribution in [3.8, 4) is 5.75 Å². The summed E-state index contributed by atoms with van der Waals surface area (Å²) in [5.41, 5.74) is 1.03. The van der Waals surface area contributed by atoms with Gasteiger partial charge < -0.3 is 4.74 Å². The lowest BCUT2D eigenvalue weighted by Gasteiger charge is -2.07. The van der Waals surface area contributed by atoms with Gasteiger partial charge in [0.15, 0.2) is 0 Å². The highest BCUT2D eigenvalue weighted by atomic mass is 127. The van der Waals surface area contributed by atoms with E-state index in [1.165, 1.54) is 0 Å². The molecule has 2 nitrogen and oxygen atoms in total. The molecule has 0 aliphatic rings. The van der Waals surface area contributed by atoms with Gasteiger partial charge in [0.2, 0.25) is 0 Å². The number of carbonyl (C=O) groups is 1. The van der Waals surface area contributed by atoms with Crippen molar-refractivity contribution < 1.29 is 9.53 Å². The molecule has 0 N–H and O–H groups in total. The number of alkyl halides is 1. The highest BCUT2D eigenvalue weighted by Crippen LogP contribution is 2.20. The Morgan fingerprint density at radius 2 is 2.27 bits per heavy atom. The summed E-state index contributed by atoms with van der Waals surface area (Å²) in [5, 5.41) is 0.405. The summed E-state index contributed by atoms with van der Waals surface area (Å²) in [4.78, 5) is 11.3. The third-order valence-electron chi connectivity index (χ3n) is 1.86. The topological polar surface area (TPSA) is 26.3 Å². The molecule has 1 aromatic rings. The first-order valence-electron chi connectivity index (χ1n) is 4.66. The lowest BCUT2D eigenvalue weighted by Crippen LogP contribution is -2.05. The number of rotatable bonds is 5. The molecule has 0 aromatic heterocycles. The molecule has 0 aliphatic carbocycles. The number of halogens is 2. The summed E-state index contributed by atoms with van der Waals surface area (Å²) in [5.74, 6) is 1.01. The van der Waals surface area contributed by atoms with Gasteiger partial charge in [0.1, 0.15) is 11.5 Å². The maximum atomic E-state index is 11.3. The number of ether oxygens (including phenoxy) is 1. The molecule has 0 unspecified atom stereocenters. The molecule has 0 atom stereocenters. The fourth-order valence-corrected chi connectivity index (χ4v) is 1.93. The number of hydrogen-bond acceptors (Lipinski definition) is 2. The maximum Gasteiger partial charge on any atom is 0.147 e. The van der Waals surface area contributed by atoms with Crippen LogP contribution in [0.3, 0.4) is 0 Å². The minimum absolute atomic E-state index is 0.182. The molecule has 4 heteroatoms. The van der Waals surface area contributed by atoms with Crippen molar-refractivity contribution >= 4 is 44.3 Å². The van der Waals surface area contributed by atoms with Crippen molar-refractivity contribution in [1.29, 1.82) is 0 Å². The van der Waals surface area contributed by atoms with E-state index in [2.05, 4.69) is 38.5 Å². The van der Waals surface area contributed by atoms with E-state index in [0.717, 1.165) is 14.9 Å². The standard InChI is InChI=1S/C11H12BrIO2/c1-2-15-10-3-4-11(13)8(6-10)5-9(14)7-12/h3-4,6H,2,5,7H2,1H3. The Labute approximate surface area is 112 Å². The second-order valence-corrected chi connectivity index (χ2v) is 4.76. The summed E-state index contributed by atoms with van der Waals surface area (Å²) in [7, 11) is 0. The number of ketones is 1. The smallest absolute Gasteiger partial charge is 0.147 e. The predicted molar refractivity (Wildman–Crippen MR) is 72.8 cm³/mol. The molecular formula is C11H12BrIO2. The molecule has 0 amide bonds. The third kappa shape index (κ3) is 4.10. The Balaban J connectivity index is 2.85. The van der Waals surface area contributed by atoms with Crippen molar-refractivity contribution in [2.75, 3.05) is 11.9 Å². The molecule has 1 rings (SSSR count). The van der Waals surface area contributed by atoms with Crippen LogP contribution in [-0.4, -0.2) is 17.7 Å². The van der Waals surface area contributed by atoms with Gasteiger partial charge in [-0.3, -0.25) is 4.79 Å². The quantitative estimate of drug-likeness (QED) is 0.577. The molecule has 82 valence electrons. The number of hydrogen-bond donors (Lipinski definition) is 0. The molecule has 0 heterocycles. The van der Waals surface area contributed by atoms with Crippen molar-refractivity contribution in [3.05, 3.63) is 27.3 Å². The van der Waals surface area contributed by atoms with E-state index in [0.29, 0.717) is 18.4 Å². The zero-order chi connectivity index (χ0) is 11.3. The minimum Gasteiger partial charge on any atom is -0.494 e. The average Bonchev–Trinajstić information content (AvgIpc) is 2.23. The van der Waals surface area contributed by atoms with Gasteiger partial charge in [0.05, 0.1) is 11.9 Å². The van der Waals surface area contributed by atoms with E-state index in [9.17, 15) is 4.79 Å². The van der Waals surface area contributed by atoms with Gasteiger partial charge in [0, 0.05) is 9.99 Å². The second-order valence-electron chi connectivity index (χ2n) is 3.04. The van der Waals surface area contributed by atoms with E-state index in [1.54, 1.807) is 0 Å². The van der Waals surface area contributed by atoms with Gasteiger partial charge in [-0.05, 0) is 53.3 Å². The van der Waals surface area contributed by atoms with Crippen LogP contribution < -0.4 is 4.74 Å². The molecule has 0 bridgehead atoms. The zero-order valence-corrected chi connectivity index (χ0v) is 12.2. The van der Waals surface area contributed by atoms with E-state index in [4.69, 9.17) is 4.74 Å². The van der Waals surface area contributed by atoms with Crippen LogP contribution in [0.2, 0.25) is 0 Å². The first kappa shape index (κ1) is 13.0. The predicted octanol–water partition coefficient (Wildman–Crippen LogP) is 3.20. The molecule has 0 saturated heterocycles. The summed E-state index contributed by atoms with van der Waals surface area (Å²) in [6, 6.07) is 5.83. The lowest BCUT2D eigenvalue weighted by atomic mass is 10.1. The molecule has 0 saturated carbocycles. The summed E-state index contributed by atoms with van der Waals surface area (Å²) < 4.78 is 6.49. The Morgan fingerprint density at radius 1 is 1.53 bits per heavy atom. The van der Waals surface area contributed by atoms with Crippen LogP contribution in [0.5, 0.6) is 5.75 Å². The molecule has 15 heavy (non-hydrogen) atoms. The van der Waals surface area contributed by atoms with Gasteiger partial charge in [-0.15, -0.1) is 0 Å². The van der Waals surface area contributed by atoms with Gasteiger partial charge in [0.25, 0.3) is 0 Å². The van der Waals surface area contributed by atoms with Crippen molar-refractivity contribution in [1.82, 2.24) is 0 Å². The van der Waals surface area contributed by atoms with Gasteiger partial charge in [-0.2, -0.15) is 0 Å². The van der Waals surface area contributed by atoms with Crippen LogP contribution in [0, 0.1) is 3.57 Å². The largest absolute Gasteiger partial charge is 0.494 e. The molecule has 0 spiro atoms. The van der Waals surface area contributed by atoms with E-state index in [1.807, 2.05) is 25.1 Å². The fraction of sp³-hybridized carbons (Fsp3) is 0.364. The average molecular weight is 383 g/mol. The molecule has 1 aromatic carbocycles. The Bertz CT molecular complexity index is 352. The maximum absolute atomic E-state index is 11.3. The van der Waals surface area contributed by atoms with Gasteiger partial charge >= 0.3 is 0 Å². The third-order valence-corrected chi connectivity index (χ3v) is 3.54. The Morgan fingerprint density at radius 3 is 2.87 bits per heavy atom. The number of carbonyl (C=O) groups excluding carboxylic acids is 1. The number of benzene rings is 1. The van der Waals surface area contributed by atoms with Crippen molar-refractivity contribution in [2.45, 2.75) is 13.3 Å². The van der Waals surface area contributed by atoms with Crippen LogP contribution in [-0.2, 0) is 11.2 Å². The van der Waals surface area contributed by atoms with Crippen molar-refractivity contribution in [2.24, 2.45) is 0 Å². The monoisotopic (exact) mass is 382 g/mol. The normalized spacial score (nSPS) is 10.1. The molecule has 0 aliphatic heterocycles. The summed E-state index contributed by atoms with van der Waals surface area (Å²) in [6.45, 7) is 2.59. The molecular weight excluding hydrogens is 371 g/mol. The van der Waals surface area contributed by atoms with Gasteiger partial charge in [-0.1, -0.05) is 15.9 Å². The molecule has 0 fully saturated rings. The Hall–Kier alpha value is -0.100. The van der Waals surface area contributed by atoms with Crippen LogP contribution in [0.15, 0.2) is 18.2 Å². The zero-order valence-electron chi connectivity index (χ0n) is 8.43. The van der Waals surface area contributed by atoms with Crippen LogP contribution >= 0.6 is 38.5 Å². The minimum atomic E-state index is 0.182. The highest BCUT2D eigenvalue weighted by Gasteiger charge is 2.07. The Kier molecular flexibility index (Phi) is 5.60. The van der Waals surface area contributed by atoms with Crippen LogP contribution in [0.4, 0.5) is 0 Å². The lowest BCUT2D eigenvalue weighted by molar-refractivity contribution is -0.115. The molecule has 0 radical (unpaired) electrons. The number of Topliss-reactive ketones (excluding diaryl/α,β-unsaturated/α-hetero) is 1. The first-order chi connectivity index (χ1) is 7.17. The fourth-order valence-electron chi connectivity index (χ4n) is 1.20. The van der Waals surface area contributed by atoms with Crippen LogP contribution in [0.1, 0.15) is 12.5 Å². The van der Waals surface area contributed by atoms with E-state index >= 15 is 0 Å². The summed E-state index contributed by atoms with van der Waals surface area (Å²) in [6.07, 6.45) is 0.463. The first-order valence-corrected chi connectivity index (χ1v) is 6.86. The highest BCUT2D eigenvalue weighted by molar-refractivity contribution is 14.1. The second kappa shape index (κ2) is 6.48. The van der Waals surface area contributed by atoms with E-state index in [-0.39, 0.29) is 5.78 Å². The van der Waals surface area contributed by atoms with Crippen LogP contribution in [0.25, 0.3) is 0 Å². The SMILES string of the molecule is CCOc1ccc(I)c(CC(=O)CBr)c1. The summed E-state index contributed by atoms with van der Waals surface area (Å²) >= 11 is 5.39. The van der Waals surface area contributed by atoms with Crippen molar-refractivity contribution in [3.63, 3.8) is 0 Å². The van der Waals surface area contributed by atoms with E-state index < -0.39 is 0 Å².